The Balaban J connectivity index is 2.34. The van der Waals surface area contributed by atoms with E-state index in [4.69, 9.17) is 0 Å². The molecule has 74 valence electrons. The summed E-state index contributed by atoms with van der Waals surface area (Å²) in [5, 5.41) is 3.12. The Morgan fingerprint density at radius 2 is 2.14 bits per heavy atom. The number of rotatable bonds is 3. The number of aromatic nitrogens is 3. The van der Waals surface area contributed by atoms with Crippen molar-refractivity contribution in [3.8, 4) is 0 Å². The zero-order valence-corrected chi connectivity index (χ0v) is 8.49. The first-order valence-corrected chi connectivity index (χ1v) is 4.74. The molecule has 4 nitrogen and oxygen atoms in total. The smallest absolute Gasteiger partial charge is 0.233 e. The summed E-state index contributed by atoms with van der Waals surface area (Å²) in [6, 6.07) is 0. The molecule has 2 rings (SSSR count). The summed E-state index contributed by atoms with van der Waals surface area (Å²) in [4.78, 5) is 8.45. The molecule has 0 radical (unpaired) electrons. The molecule has 0 spiro atoms. The lowest BCUT2D eigenvalue weighted by Gasteiger charge is -2.01. The summed E-state index contributed by atoms with van der Waals surface area (Å²) in [5.74, 6) is 0.774. The van der Waals surface area contributed by atoms with Crippen LogP contribution in [0.25, 0.3) is 5.78 Å². The van der Waals surface area contributed by atoms with Gasteiger partial charge in [-0.25, -0.2) is 9.97 Å². The molecule has 0 aliphatic heterocycles. The third-order valence-corrected chi connectivity index (χ3v) is 2.27. The molecule has 0 atom stereocenters. The van der Waals surface area contributed by atoms with Crippen LogP contribution in [0.5, 0.6) is 0 Å². The van der Waals surface area contributed by atoms with Crippen molar-refractivity contribution in [2.75, 3.05) is 13.6 Å². The molecule has 0 saturated carbocycles. The normalized spacial score (nSPS) is 11.0. The highest BCUT2D eigenvalue weighted by Crippen LogP contribution is 2.05. The van der Waals surface area contributed by atoms with Crippen LogP contribution in [-0.2, 0) is 6.42 Å². The lowest BCUT2D eigenvalue weighted by Crippen LogP contribution is -2.11. The van der Waals surface area contributed by atoms with Gasteiger partial charge >= 0.3 is 0 Å². The zero-order chi connectivity index (χ0) is 9.97. The van der Waals surface area contributed by atoms with Crippen molar-refractivity contribution in [1.82, 2.24) is 19.7 Å². The minimum absolute atomic E-state index is 0.774. The molecule has 0 fully saturated rings. The average Bonchev–Trinajstić information content (AvgIpc) is 2.57. The Bertz CT molecular complexity index is 433. The van der Waals surface area contributed by atoms with Gasteiger partial charge in [-0.2, -0.15) is 0 Å². The molecule has 0 aliphatic rings. The zero-order valence-electron chi connectivity index (χ0n) is 8.49. The van der Waals surface area contributed by atoms with E-state index in [1.54, 1.807) is 0 Å². The van der Waals surface area contributed by atoms with Gasteiger partial charge in [0.25, 0.3) is 0 Å². The number of hydrogen-bond donors (Lipinski definition) is 1. The number of aryl methyl sites for hydroxylation is 1. The Morgan fingerprint density at radius 3 is 2.93 bits per heavy atom. The van der Waals surface area contributed by atoms with E-state index in [1.165, 1.54) is 5.56 Å². The Hall–Kier alpha value is -1.42. The van der Waals surface area contributed by atoms with E-state index in [2.05, 4.69) is 21.5 Å². The highest BCUT2D eigenvalue weighted by molar-refractivity contribution is 5.31. The highest BCUT2D eigenvalue weighted by atomic mass is 15.1. The molecule has 0 bridgehead atoms. The second-order valence-corrected chi connectivity index (χ2v) is 3.39. The summed E-state index contributed by atoms with van der Waals surface area (Å²) in [6.45, 7) is 3.00. The number of imidazole rings is 1. The SMILES string of the molecule is CNCCc1cnc2ncc(C)n2c1. The van der Waals surface area contributed by atoms with E-state index in [0.717, 1.165) is 24.4 Å². The number of nitrogens with one attached hydrogen (secondary N) is 1. The van der Waals surface area contributed by atoms with Crippen LogP contribution in [-0.4, -0.2) is 28.0 Å². The predicted octanol–water partition coefficient (Wildman–Crippen LogP) is 0.800. The maximum atomic E-state index is 4.28. The maximum absolute atomic E-state index is 4.28. The first-order chi connectivity index (χ1) is 6.81. The molecular weight excluding hydrogens is 176 g/mol. The van der Waals surface area contributed by atoms with Gasteiger partial charge in [-0.15, -0.1) is 0 Å². The minimum Gasteiger partial charge on any atom is -0.319 e. The van der Waals surface area contributed by atoms with Crippen LogP contribution in [0.3, 0.4) is 0 Å². The summed E-state index contributed by atoms with van der Waals surface area (Å²) >= 11 is 0. The van der Waals surface area contributed by atoms with Crippen LogP contribution in [0.15, 0.2) is 18.6 Å². The summed E-state index contributed by atoms with van der Waals surface area (Å²) in [5.41, 5.74) is 2.35. The lowest BCUT2D eigenvalue weighted by atomic mass is 10.2. The first-order valence-electron chi connectivity index (χ1n) is 4.74. The van der Waals surface area contributed by atoms with E-state index in [9.17, 15) is 0 Å². The number of nitrogens with zero attached hydrogens (tertiary/aromatic N) is 3. The largest absolute Gasteiger partial charge is 0.319 e. The van der Waals surface area contributed by atoms with Gasteiger partial charge in [-0.3, -0.25) is 4.40 Å². The van der Waals surface area contributed by atoms with Crippen molar-refractivity contribution in [3.05, 3.63) is 29.8 Å². The van der Waals surface area contributed by atoms with Crippen molar-refractivity contribution < 1.29 is 0 Å². The van der Waals surface area contributed by atoms with Crippen molar-refractivity contribution in [2.45, 2.75) is 13.3 Å². The third kappa shape index (κ3) is 1.61. The number of likely N-dealkylation sites (N-methyl/N-ethyl adjacent to an activating group) is 1. The summed E-state index contributed by atoms with van der Waals surface area (Å²) in [6.07, 6.45) is 6.82. The molecule has 0 aromatic carbocycles. The van der Waals surface area contributed by atoms with Crippen LogP contribution >= 0.6 is 0 Å². The van der Waals surface area contributed by atoms with Crippen LogP contribution in [0, 0.1) is 6.92 Å². The van der Waals surface area contributed by atoms with Gasteiger partial charge in [-0.1, -0.05) is 0 Å². The van der Waals surface area contributed by atoms with Crippen LogP contribution in [0.4, 0.5) is 0 Å². The molecule has 14 heavy (non-hydrogen) atoms. The molecular formula is C10H14N4. The van der Waals surface area contributed by atoms with Crippen LogP contribution in [0.1, 0.15) is 11.3 Å². The third-order valence-electron chi connectivity index (χ3n) is 2.27. The van der Waals surface area contributed by atoms with Gasteiger partial charge in [0.2, 0.25) is 5.78 Å². The van der Waals surface area contributed by atoms with Crippen molar-refractivity contribution in [3.63, 3.8) is 0 Å². The van der Waals surface area contributed by atoms with Gasteiger partial charge in [0.15, 0.2) is 0 Å². The van der Waals surface area contributed by atoms with Gasteiger partial charge in [0.05, 0.1) is 6.20 Å². The molecule has 1 N–H and O–H groups in total. The van der Waals surface area contributed by atoms with Crippen molar-refractivity contribution >= 4 is 5.78 Å². The van der Waals surface area contributed by atoms with E-state index in [-0.39, 0.29) is 0 Å². The number of fused-ring (bicyclic) bond motifs is 1. The van der Waals surface area contributed by atoms with Crippen molar-refractivity contribution in [2.24, 2.45) is 0 Å². The fourth-order valence-corrected chi connectivity index (χ4v) is 1.43. The molecule has 4 heteroatoms. The predicted molar refractivity (Wildman–Crippen MR) is 55.4 cm³/mol. The molecule has 0 amide bonds. The summed E-state index contributed by atoms with van der Waals surface area (Å²) in [7, 11) is 1.95. The topological polar surface area (TPSA) is 42.2 Å². The minimum atomic E-state index is 0.774. The molecule has 2 aromatic heterocycles. The van der Waals surface area contributed by atoms with Gasteiger partial charge in [0.1, 0.15) is 0 Å². The number of hydrogen-bond acceptors (Lipinski definition) is 3. The van der Waals surface area contributed by atoms with Crippen LogP contribution < -0.4 is 5.32 Å². The molecule has 0 unspecified atom stereocenters. The molecule has 2 heterocycles. The standard InChI is InChI=1S/C10H14N4/c1-8-5-12-10-13-6-9(3-4-11-2)7-14(8)10/h5-7,11H,3-4H2,1-2H3. The Kier molecular flexibility index (Phi) is 2.45. The maximum Gasteiger partial charge on any atom is 0.233 e. The quantitative estimate of drug-likeness (QED) is 0.778. The second-order valence-electron chi connectivity index (χ2n) is 3.39. The molecule has 2 aromatic rings. The monoisotopic (exact) mass is 190 g/mol. The highest BCUT2D eigenvalue weighted by Gasteiger charge is 2.00. The first kappa shape index (κ1) is 9.15. The van der Waals surface area contributed by atoms with Gasteiger partial charge in [0, 0.05) is 18.1 Å². The van der Waals surface area contributed by atoms with Gasteiger partial charge in [-0.05, 0) is 32.5 Å². The fourth-order valence-electron chi connectivity index (χ4n) is 1.43. The molecule has 0 saturated heterocycles. The summed E-state index contributed by atoms with van der Waals surface area (Å²) < 4.78 is 2.02. The Labute approximate surface area is 83.0 Å². The van der Waals surface area contributed by atoms with Crippen molar-refractivity contribution in [1.29, 1.82) is 0 Å². The Morgan fingerprint density at radius 1 is 1.36 bits per heavy atom. The average molecular weight is 190 g/mol. The van der Waals surface area contributed by atoms with Crippen LogP contribution in [0.2, 0.25) is 0 Å². The lowest BCUT2D eigenvalue weighted by molar-refractivity contribution is 0.784. The van der Waals surface area contributed by atoms with E-state index >= 15 is 0 Å². The van der Waals surface area contributed by atoms with E-state index in [0.29, 0.717) is 0 Å². The van der Waals surface area contributed by atoms with Gasteiger partial charge < -0.3 is 5.32 Å². The molecule has 0 aliphatic carbocycles. The fraction of sp³-hybridized carbons (Fsp3) is 0.400. The van der Waals surface area contributed by atoms with E-state index < -0.39 is 0 Å². The van der Waals surface area contributed by atoms with E-state index in [1.807, 2.05) is 30.8 Å². The second kappa shape index (κ2) is 3.75.